The van der Waals surface area contributed by atoms with Gasteiger partial charge in [0, 0.05) is 49.9 Å². The number of hydrogen-bond donors (Lipinski definition) is 1. The molecule has 5 aromatic rings. The van der Waals surface area contributed by atoms with Crippen LogP contribution < -0.4 is 5.56 Å². The van der Waals surface area contributed by atoms with Gasteiger partial charge in [0.15, 0.2) is 5.65 Å². The third kappa shape index (κ3) is 6.08. The topological polar surface area (TPSA) is 83.6 Å². The highest BCUT2D eigenvalue weighted by Crippen LogP contribution is 2.36. The molecule has 1 amide bonds. The number of piperidine rings is 2. The minimum absolute atomic E-state index is 0.103. The second-order valence-corrected chi connectivity index (χ2v) is 12.6. The zero-order valence-electron chi connectivity index (χ0n) is 25.4. The first-order valence-corrected chi connectivity index (χ1v) is 15.9. The van der Waals surface area contributed by atoms with Crippen LogP contribution in [0.1, 0.15) is 36.3 Å². The molecular formula is C37H39N5O3. The van der Waals surface area contributed by atoms with E-state index < -0.39 is 5.60 Å². The van der Waals surface area contributed by atoms with E-state index in [1.807, 2.05) is 58.1 Å². The maximum absolute atomic E-state index is 14.0. The van der Waals surface area contributed by atoms with Gasteiger partial charge in [0.05, 0.1) is 17.5 Å². The van der Waals surface area contributed by atoms with E-state index in [4.69, 9.17) is 0 Å². The second-order valence-electron chi connectivity index (χ2n) is 12.6. The van der Waals surface area contributed by atoms with E-state index in [9.17, 15) is 14.7 Å². The lowest BCUT2D eigenvalue weighted by atomic mass is 9.79. The lowest BCUT2D eigenvalue weighted by Crippen LogP contribution is -2.53. The minimum Gasteiger partial charge on any atom is -0.388 e. The van der Waals surface area contributed by atoms with E-state index in [1.165, 1.54) is 22.0 Å². The third-order valence-electron chi connectivity index (χ3n) is 9.67. The number of carbonyl (C=O) groups excluding carboxylic acids is 1. The Balaban J connectivity index is 1.03. The van der Waals surface area contributed by atoms with Crippen LogP contribution in [-0.2, 0) is 17.9 Å². The molecule has 0 saturated carbocycles. The lowest BCUT2D eigenvalue weighted by molar-refractivity contribution is -0.142. The normalized spacial score (nSPS) is 20.3. The van der Waals surface area contributed by atoms with Crippen molar-refractivity contribution in [2.75, 3.05) is 26.2 Å². The summed E-state index contributed by atoms with van der Waals surface area (Å²) in [6.07, 6.45) is 5.02. The number of aromatic nitrogens is 3. The molecule has 8 nitrogen and oxygen atoms in total. The van der Waals surface area contributed by atoms with Crippen molar-refractivity contribution in [1.82, 2.24) is 23.9 Å². The molecule has 2 atom stereocenters. The molecule has 2 aliphatic rings. The number of carbonyl (C=O) groups is 1. The van der Waals surface area contributed by atoms with E-state index in [-0.39, 0.29) is 29.8 Å². The van der Waals surface area contributed by atoms with Crippen LogP contribution in [0.5, 0.6) is 0 Å². The summed E-state index contributed by atoms with van der Waals surface area (Å²) in [4.78, 5) is 36.5. The van der Waals surface area contributed by atoms with Crippen LogP contribution in [-0.4, -0.2) is 66.7 Å². The summed E-state index contributed by atoms with van der Waals surface area (Å²) in [5.74, 6) is 0.179. The molecule has 2 aromatic heterocycles. The van der Waals surface area contributed by atoms with Crippen molar-refractivity contribution in [3.8, 4) is 5.69 Å². The largest absolute Gasteiger partial charge is 0.388 e. The number of amides is 1. The fraction of sp³-hybridized carbons (Fsp3) is 0.324. The molecule has 0 bridgehead atoms. The number of hydrogen-bond acceptors (Lipinski definition) is 5. The predicted molar refractivity (Wildman–Crippen MR) is 175 cm³/mol. The predicted octanol–water partition coefficient (Wildman–Crippen LogP) is 4.85. The summed E-state index contributed by atoms with van der Waals surface area (Å²) < 4.78 is 3.41. The molecule has 0 spiro atoms. The summed E-state index contributed by atoms with van der Waals surface area (Å²) >= 11 is 0. The number of aliphatic hydroxyl groups is 1. The molecule has 8 heteroatoms. The van der Waals surface area contributed by atoms with Crippen molar-refractivity contribution < 1.29 is 9.90 Å². The van der Waals surface area contributed by atoms with Crippen molar-refractivity contribution in [2.24, 2.45) is 5.92 Å². The molecule has 230 valence electrons. The SMILES string of the molecule is O=C(C1CCN(Cc2ccccc2)CC1c1ccccc1)N1CCC(O)(Cn2cnc3c(ccn3-c3ccccc3)c2=O)CC1. The van der Waals surface area contributed by atoms with Crippen molar-refractivity contribution in [2.45, 2.75) is 43.9 Å². The van der Waals surface area contributed by atoms with Crippen molar-refractivity contribution >= 4 is 16.9 Å². The monoisotopic (exact) mass is 601 g/mol. The van der Waals surface area contributed by atoms with Gasteiger partial charge in [-0.3, -0.25) is 19.1 Å². The quantitative estimate of drug-likeness (QED) is 0.289. The van der Waals surface area contributed by atoms with Crippen LogP contribution in [0.25, 0.3) is 16.7 Å². The van der Waals surface area contributed by atoms with Crippen molar-refractivity contribution in [3.63, 3.8) is 0 Å². The van der Waals surface area contributed by atoms with Crippen LogP contribution in [0.15, 0.2) is 114 Å². The number of para-hydroxylation sites is 1. The number of likely N-dealkylation sites (tertiary alicyclic amines) is 2. The minimum atomic E-state index is -1.09. The van der Waals surface area contributed by atoms with Gasteiger partial charge in [0.2, 0.25) is 5.91 Å². The summed E-state index contributed by atoms with van der Waals surface area (Å²) in [7, 11) is 0. The Labute approximate surface area is 263 Å². The van der Waals surface area contributed by atoms with Crippen LogP contribution >= 0.6 is 0 Å². The highest BCUT2D eigenvalue weighted by molar-refractivity contribution is 5.80. The molecule has 0 aliphatic carbocycles. The highest BCUT2D eigenvalue weighted by atomic mass is 16.3. The van der Waals surface area contributed by atoms with Gasteiger partial charge in [0.25, 0.3) is 5.56 Å². The van der Waals surface area contributed by atoms with E-state index in [0.717, 1.165) is 31.7 Å². The molecule has 2 unspecified atom stereocenters. The fourth-order valence-electron chi connectivity index (χ4n) is 7.16. The molecule has 1 N–H and O–H groups in total. The Morgan fingerprint density at radius 2 is 1.53 bits per heavy atom. The molecule has 0 radical (unpaired) electrons. The molecule has 2 fully saturated rings. The van der Waals surface area contributed by atoms with Gasteiger partial charge < -0.3 is 14.6 Å². The van der Waals surface area contributed by atoms with Gasteiger partial charge in [-0.15, -0.1) is 0 Å². The van der Waals surface area contributed by atoms with Gasteiger partial charge in [-0.1, -0.05) is 78.9 Å². The van der Waals surface area contributed by atoms with E-state index in [2.05, 4.69) is 58.4 Å². The molecule has 7 rings (SSSR count). The van der Waals surface area contributed by atoms with E-state index in [0.29, 0.717) is 37.0 Å². The first-order valence-electron chi connectivity index (χ1n) is 15.9. The lowest BCUT2D eigenvalue weighted by Gasteiger charge is -2.43. The summed E-state index contributed by atoms with van der Waals surface area (Å²) in [6.45, 7) is 3.66. The van der Waals surface area contributed by atoms with Gasteiger partial charge >= 0.3 is 0 Å². The molecule has 2 saturated heterocycles. The number of rotatable bonds is 7. The average molecular weight is 602 g/mol. The first-order chi connectivity index (χ1) is 22.0. The Morgan fingerprint density at radius 1 is 0.867 bits per heavy atom. The van der Waals surface area contributed by atoms with Crippen LogP contribution in [0.3, 0.4) is 0 Å². The maximum Gasteiger partial charge on any atom is 0.262 e. The van der Waals surface area contributed by atoms with E-state index in [1.54, 1.807) is 6.07 Å². The summed E-state index contributed by atoms with van der Waals surface area (Å²) in [6, 6.07) is 32.5. The zero-order valence-corrected chi connectivity index (χ0v) is 25.4. The Bertz CT molecular complexity index is 1810. The van der Waals surface area contributed by atoms with Crippen molar-refractivity contribution in [1.29, 1.82) is 0 Å². The Hall–Kier alpha value is -4.53. The fourth-order valence-corrected chi connectivity index (χ4v) is 7.16. The first kappa shape index (κ1) is 29.2. The van der Waals surface area contributed by atoms with E-state index >= 15 is 0 Å². The average Bonchev–Trinajstić information content (AvgIpc) is 3.52. The standard InChI is InChI=1S/C37H39N5O3/c43-35(31-16-20-39(24-28-10-4-1-5-11-28)25-33(31)29-12-6-2-7-13-29)40-22-18-37(45,19-23-40)26-41-27-38-34-32(36(41)44)17-21-42(34)30-14-8-3-9-15-30/h1-15,17,21,27,31,33,45H,16,18-20,22-26H2. The third-order valence-corrected chi connectivity index (χ3v) is 9.67. The smallest absolute Gasteiger partial charge is 0.262 e. The number of fused-ring (bicyclic) bond motifs is 1. The molecule has 45 heavy (non-hydrogen) atoms. The van der Waals surface area contributed by atoms with Crippen LogP contribution in [0, 0.1) is 5.92 Å². The highest BCUT2D eigenvalue weighted by Gasteiger charge is 2.40. The summed E-state index contributed by atoms with van der Waals surface area (Å²) in [5.41, 5.74) is 2.75. The van der Waals surface area contributed by atoms with Gasteiger partial charge in [-0.2, -0.15) is 0 Å². The van der Waals surface area contributed by atoms with Crippen LogP contribution in [0.4, 0.5) is 0 Å². The van der Waals surface area contributed by atoms with Crippen molar-refractivity contribution in [3.05, 3.63) is 131 Å². The van der Waals surface area contributed by atoms with Gasteiger partial charge in [-0.05, 0) is 55.1 Å². The summed E-state index contributed by atoms with van der Waals surface area (Å²) in [5, 5.41) is 12.1. The zero-order chi connectivity index (χ0) is 30.8. The maximum atomic E-state index is 14.0. The second kappa shape index (κ2) is 12.5. The molecular weight excluding hydrogens is 562 g/mol. The van der Waals surface area contributed by atoms with Gasteiger partial charge in [-0.25, -0.2) is 4.98 Å². The number of benzene rings is 3. The Morgan fingerprint density at radius 3 is 2.24 bits per heavy atom. The molecule has 3 aromatic carbocycles. The van der Waals surface area contributed by atoms with Gasteiger partial charge in [0.1, 0.15) is 6.33 Å². The molecule has 4 heterocycles. The number of nitrogens with zero attached hydrogens (tertiary/aromatic N) is 5. The Kier molecular flexibility index (Phi) is 8.08. The molecule has 2 aliphatic heterocycles. The van der Waals surface area contributed by atoms with Crippen LogP contribution in [0.2, 0.25) is 0 Å².